The minimum absolute atomic E-state index is 0.433. The van der Waals surface area contributed by atoms with Crippen LogP contribution in [0, 0.1) is 5.92 Å². The molecule has 0 saturated heterocycles. The van der Waals surface area contributed by atoms with E-state index in [1.54, 1.807) is 18.3 Å². The van der Waals surface area contributed by atoms with Crippen molar-refractivity contribution in [3.8, 4) is 5.88 Å². The van der Waals surface area contributed by atoms with Gasteiger partial charge in [0.1, 0.15) is 0 Å². The SMILES string of the molecule is CC(C)CCOc1ncccc1C=O. The van der Waals surface area contributed by atoms with E-state index in [0.717, 1.165) is 12.7 Å². The Labute approximate surface area is 84.1 Å². The van der Waals surface area contributed by atoms with Gasteiger partial charge in [-0.1, -0.05) is 13.8 Å². The van der Waals surface area contributed by atoms with Crippen LogP contribution in [0.5, 0.6) is 5.88 Å². The van der Waals surface area contributed by atoms with Crippen LogP contribution in [0.4, 0.5) is 0 Å². The molecule has 0 aliphatic rings. The maximum Gasteiger partial charge on any atom is 0.224 e. The summed E-state index contributed by atoms with van der Waals surface area (Å²) in [4.78, 5) is 14.6. The van der Waals surface area contributed by atoms with Crippen molar-refractivity contribution in [1.82, 2.24) is 4.98 Å². The van der Waals surface area contributed by atoms with E-state index in [2.05, 4.69) is 18.8 Å². The fraction of sp³-hybridized carbons (Fsp3) is 0.455. The highest BCUT2D eigenvalue weighted by molar-refractivity contribution is 5.77. The second-order valence-corrected chi connectivity index (χ2v) is 3.55. The Hall–Kier alpha value is -1.38. The molecular formula is C11H15NO2. The molecule has 0 aromatic carbocycles. The molecule has 0 fully saturated rings. The maximum absolute atomic E-state index is 10.6. The number of aldehydes is 1. The molecule has 3 nitrogen and oxygen atoms in total. The van der Waals surface area contributed by atoms with Gasteiger partial charge in [0.15, 0.2) is 6.29 Å². The molecule has 1 aromatic rings. The lowest BCUT2D eigenvalue weighted by Gasteiger charge is -2.07. The molecule has 3 heteroatoms. The van der Waals surface area contributed by atoms with E-state index >= 15 is 0 Å². The molecule has 76 valence electrons. The lowest BCUT2D eigenvalue weighted by Crippen LogP contribution is -2.04. The third-order valence-electron chi connectivity index (χ3n) is 1.86. The van der Waals surface area contributed by atoms with Gasteiger partial charge in [-0.05, 0) is 24.5 Å². The molecule has 1 aromatic heterocycles. The predicted octanol–water partition coefficient (Wildman–Crippen LogP) is 2.32. The van der Waals surface area contributed by atoms with Gasteiger partial charge in [-0.2, -0.15) is 0 Å². The van der Waals surface area contributed by atoms with Crippen LogP contribution < -0.4 is 4.74 Å². The first-order valence-electron chi connectivity index (χ1n) is 4.77. The van der Waals surface area contributed by atoms with E-state index < -0.39 is 0 Å². The van der Waals surface area contributed by atoms with Crippen molar-refractivity contribution in [2.45, 2.75) is 20.3 Å². The molecule has 0 atom stereocenters. The van der Waals surface area contributed by atoms with E-state index in [1.165, 1.54) is 0 Å². The van der Waals surface area contributed by atoms with E-state index in [4.69, 9.17) is 4.74 Å². The number of hydrogen-bond donors (Lipinski definition) is 0. The number of ether oxygens (including phenoxy) is 1. The average Bonchev–Trinajstić information content (AvgIpc) is 2.18. The topological polar surface area (TPSA) is 39.2 Å². The van der Waals surface area contributed by atoms with Crippen LogP contribution in [-0.4, -0.2) is 17.9 Å². The number of carbonyl (C=O) groups excluding carboxylic acids is 1. The van der Waals surface area contributed by atoms with Gasteiger partial charge in [0.25, 0.3) is 0 Å². The first-order valence-corrected chi connectivity index (χ1v) is 4.77. The average molecular weight is 193 g/mol. The quantitative estimate of drug-likeness (QED) is 0.674. The molecule has 0 N–H and O–H groups in total. The summed E-state index contributed by atoms with van der Waals surface area (Å²) < 4.78 is 5.40. The highest BCUT2D eigenvalue weighted by Gasteiger charge is 2.03. The van der Waals surface area contributed by atoms with Gasteiger partial charge in [0.05, 0.1) is 12.2 Å². The summed E-state index contributed by atoms with van der Waals surface area (Å²) in [5.41, 5.74) is 0.510. The van der Waals surface area contributed by atoms with Crippen molar-refractivity contribution in [3.63, 3.8) is 0 Å². The van der Waals surface area contributed by atoms with Gasteiger partial charge in [-0.3, -0.25) is 4.79 Å². The minimum Gasteiger partial charge on any atom is -0.477 e. The summed E-state index contributed by atoms with van der Waals surface area (Å²) >= 11 is 0. The molecule has 1 rings (SSSR count). The van der Waals surface area contributed by atoms with Crippen LogP contribution in [0.1, 0.15) is 30.6 Å². The fourth-order valence-electron chi connectivity index (χ4n) is 1.00. The van der Waals surface area contributed by atoms with E-state index in [-0.39, 0.29) is 0 Å². The number of carbonyl (C=O) groups is 1. The highest BCUT2D eigenvalue weighted by atomic mass is 16.5. The summed E-state index contributed by atoms with van der Waals surface area (Å²) in [6.07, 6.45) is 3.35. The Morgan fingerprint density at radius 1 is 1.57 bits per heavy atom. The van der Waals surface area contributed by atoms with Crippen molar-refractivity contribution >= 4 is 6.29 Å². The van der Waals surface area contributed by atoms with Crippen LogP contribution in [0.15, 0.2) is 18.3 Å². The highest BCUT2D eigenvalue weighted by Crippen LogP contribution is 2.12. The summed E-state index contributed by atoms with van der Waals surface area (Å²) in [6.45, 7) is 4.86. The molecule has 1 heterocycles. The predicted molar refractivity (Wildman–Crippen MR) is 54.6 cm³/mol. The Balaban J connectivity index is 2.53. The van der Waals surface area contributed by atoms with Gasteiger partial charge >= 0.3 is 0 Å². The van der Waals surface area contributed by atoms with Gasteiger partial charge in [0.2, 0.25) is 5.88 Å². The molecule has 0 spiro atoms. The number of pyridine rings is 1. The van der Waals surface area contributed by atoms with E-state index in [1.807, 2.05) is 0 Å². The molecule has 14 heavy (non-hydrogen) atoms. The molecule has 0 saturated carbocycles. The van der Waals surface area contributed by atoms with Gasteiger partial charge < -0.3 is 4.74 Å². The van der Waals surface area contributed by atoms with Crippen molar-refractivity contribution in [1.29, 1.82) is 0 Å². The molecule has 0 amide bonds. The zero-order valence-electron chi connectivity index (χ0n) is 8.56. The molecule has 0 bridgehead atoms. The summed E-state index contributed by atoms with van der Waals surface area (Å²) in [7, 11) is 0. The zero-order chi connectivity index (χ0) is 10.4. The largest absolute Gasteiger partial charge is 0.477 e. The van der Waals surface area contributed by atoms with Crippen LogP contribution in [0.3, 0.4) is 0 Å². The van der Waals surface area contributed by atoms with Crippen molar-refractivity contribution in [3.05, 3.63) is 23.9 Å². The van der Waals surface area contributed by atoms with Crippen LogP contribution in [0.2, 0.25) is 0 Å². The molecule has 0 unspecified atom stereocenters. The second-order valence-electron chi connectivity index (χ2n) is 3.55. The number of rotatable bonds is 5. The number of nitrogens with zero attached hydrogens (tertiary/aromatic N) is 1. The molecule has 0 radical (unpaired) electrons. The van der Waals surface area contributed by atoms with Crippen LogP contribution in [-0.2, 0) is 0 Å². The Morgan fingerprint density at radius 2 is 2.36 bits per heavy atom. The number of hydrogen-bond acceptors (Lipinski definition) is 3. The van der Waals surface area contributed by atoms with E-state index in [0.29, 0.717) is 24.0 Å². The van der Waals surface area contributed by atoms with Crippen LogP contribution >= 0.6 is 0 Å². The first-order chi connectivity index (χ1) is 6.74. The van der Waals surface area contributed by atoms with Gasteiger partial charge in [-0.15, -0.1) is 0 Å². The van der Waals surface area contributed by atoms with Gasteiger partial charge in [-0.25, -0.2) is 4.98 Å². The standard InChI is InChI=1S/C11H15NO2/c1-9(2)5-7-14-11-10(8-13)4-3-6-12-11/h3-4,6,8-9H,5,7H2,1-2H3. The Bertz CT molecular complexity index is 297. The Kier molecular flexibility index (Phi) is 4.11. The van der Waals surface area contributed by atoms with E-state index in [9.17, 15) is 4.79 Å². The molecular weight excluding hydrogens is 178 g/mol. The lowest BCUT2D eigenvalue weighted by atomic mass is 10.1. The fourth-order valence-corrected chi connectivity index (χ4v) is 1.00. The smallest absolute Gasteiger partial charge is 0.224 e. The Morgan fingerprint density at radius 3 is 3.00 bits per heavy atom. The van der Waals surface area contributed by atoms with Crippen LogP contribution in [0.25, 0.3) is 0 Å². The summed E-state index contributed by atoms with van der Waals surface area (Å²) in [5, 5.41) is 0. The summed E-state index contributed by atoms with van der Waals surface area (Å²) in [6, 6.07) is 3.42. The minimum atomic E-state index is 0.433. The molecule has 0 aliphatic heterocycles. The third-order valence-corrected chi connectivity index (χ3v) is 1.86. The monoisotopic (exact) mass is 193 g/mol. The normalized spacial score (nSPS) is 10.2. The number of aromatic nitrogens is 1. The van der Waals surface area contributed by atoms with Crippen molar-refractivity contribution < 1.29 is 9.53 Å². The van der Waals surface area contributed by atoms with Gasteiger partial charge in [0, 0.05) is 6.20 Å². The first kappa shape index (κ1) is 10.7. The van der Waals surface area contributed by atoms with Crippen molar-refractivity contribution in [2.75, 3.05) is 6.61 Å². The summed E-state index contributed by atoms with van der Waals surface area (Å²) in [5.74, 6) is 1.03. The third kappa shape index (κ3) is 3.17. The molecule has 0 aliphatic carbocycles. The maximum atomic E-state index is 10.6. The zero-order valence-corrected chi connectivity index (χ0v) is 8.56. The lowest BCUT2D eigenvalue weighted by molar-refractivity contribution is 0.111. The second kappa shape index (κ2) is 5.37. The van der Waals surface area contributed by atoms with Crippen molar-refractivity contribution in [2.24, 2.45) is 5.92 Å².